The number of Topliss-reactive ketones (excluding diaryl/α,β-unsaturated/α-hetero) is 1. The average molecular weight is 521 g/mol. The van der Waals surface area contributed by atoms with Crippen molar-refractivity contribution in [3.63, 3.8) is 0 Å². The Hall–Kier alpha value is -3.32. The summed E-state index contributed by atoms with van der Waals surface area (Å²) in [5.74, 6) is 0.150. The summed E-state index contributed by atoms with van der Waals surface area (Å²) in [7, 11) is 0. The van der Waals surface area contributed by atoms with Crippen LogP contribution in [0.3, 0.4) is 0 Å². The lowest BCUT2D eigenvalue weighted by Crippen LogP contribution is -2.38. The van der Waals surface area contributed by atoms with Gasteiger partial charge in [0, 0.05) is 25.1 Å². The zero-order valence-corrected chi connectivity index (χ0v) is 23.0. The first kappa shape index (κ1) is 27.7. The number of aliphatic hydroxyl groups is 1. The molecule has 7 heteroatoms. The number of hydrogen-bond acceptors (Lipinski definition) is 6. The first-order valence-corrected chi connectivity index (χ1v) is 13.9. The highest BCUT2D eigenvalue weighted by molar-refractivity contribution is 6.46. The molecule has 2 unspecified atom stereocenters. The van der Waals surface area contributed by atoms with Crippen LogP contribution in [0.5, 0.6) is 11.5 Å². The summed E-state index contributed by atoms with van der Waals surface area (Å²) in [5.41, 5.74) is 2.39. The highest BCUT2D eigenvalue weighted by Crippen LogP contribution is 2.41. The Labute approximate surface area is 226 Å². The maximum Gasteiger partial charge on any atom is 0.295 e. The van der Waals surface area contributed by atoms with Crippen LogP contribution in [0, 0.1) is 0 Å². The molecule has 2 aliphatic heterocycles. The zero-order chi connectivity index (χ0) is 27.2. The summed E-state index contributed by atoms with van der Waals surface area (Å²) in [6.07, 6.45) is 4.04. The molecule has 1 saturated heterocycles. The van der Waals surface area contributed by atoms with E-state index in [1.54, 1.807) is 11.0 Å². The first-order chi connectivity index (χ1) is 18.4. The summed E-state index contributed by atoms with van der Waals surface area (Å²) < 4.78 is 11.7. The Kier molecular flexibility index (Phi) is 9.10. The Morgan fingerprint density at radius 2 is 1.82 bits per heavy atom. The van der Waals surface area contributed by atoms with Crippen molar-refractivity contribution in [3.05, 3.63) is 64.7 Å². The number of rotatable bonds is 12. The van der Waals surface area contributed by atoms with Crippen molar-refractivity contribution in [1.29, 1.82) is 0 Å². The fourth-order valence-electron chi connectivity index (χ4n) is 5.26. The number of ether oxygens (including phenoxy) is 2. The highest BCUT2D eigenvalue weighted by Gasteiger charge is 2.46. The Morgan fingerprint density at radius 1 is 1.08 bits per heavy atom. The van der Waals surface area contributed by atoms with E-state index >= 15 is 0 Å². The summed E-state index contributed by atoms with van der Waals surface area (Å²) in [6.45, 7) is 11.7. The quantitative estimate of drug-likeness (QED) is 0.176. The maximum atomic E-state index is 13.4. The van der Waals surface area contributed by atoms with Crippen molar-refractivity contribution in [2.75, 3.05) is 32.8 Å². The van der Waals surface area contributed by atoms with Gasteiger partial charge in [0.15, 0.2) is 0 Å². The second-order valence-corrected chi connectivity index (χ2v) is 10.1. The van der Waals surface area contributed by atoms with Gasteiger partial charge in [0.1, 0.15) is 23.4 Å². The van der Waals surface area contributed by atoms with Gasteiger partial charge in [-0.25, -0.2) is 0 Å². The predicted molar refractivity (Wildman–Crippen MR) is 148 cm³/mol. The second kappa shape index (κ2) is 12.5. The van der Waals surface area contributed by atoms with Crippen LogP contribution >= 0.6 is 0 Å². The minimum absolute atomic E-state index is 0.0655. The van der Waals surface area contributed by atoms with E-state index in [0.717, 1.165) is 61.4 Å². The Morgan fingerprint density at radius 3 is 2.50 bits per heavy atom. The molecule has 2 atom stereocenters. The zero-order valence-electron chi connectivity index (χ0n) is 23.0. The van der Waals surface area contributed by atoms with Gasteiger partial charge in [-0.3, -0.25) is 9.59 Å². The molecular weight excluding hydrogens is 480 g/mol. The molecule has 0 aliphatic carbocycles. The molecule has 2 aliphatic rings. The third-order valence-electron chi connectivity index (χ3n) is 7.47. The second-order valence-electron chi connectivity index (χ2n) is 10.1. The van der Waals surface area contributed by atoms with E-state index in [9.17, 15) is 14.7 Å². The van der Waals surface area contributed by atoms with Gasteiger partial charge in [-0.1, -0.05) is 45.7 Å². The van der Waals surface area contributed by atoms with E-state index < -0.39 is 17.7 Å². The summed E-state index contributed by atoms with van der Waals surface area (Å²) in [6, 6.07) is 12.3. The van der Waals surface area contributed by atoms with Crippen LogP contribution in [0.25, 0.3) is 5.76 Å². The number of unbranched alkanes of at least 4 members (excludes halogenated alkanes) is 2. The van der Waals surface area contributed by atoms with Crippen LogP contribution in [0.4, 0.5) is 0 Å². The van der Waals surface area contributed by atoms with Gasteiger partial charge < -0.3 is 24.4 Å². The van der Waals surface area contributed by atoms with Gasteiger partial charge in [0.05, 0.1) is 18.2 Å². The molecule has 1 amide bonds. The van der Waals surface area contributed by atoms with Crippen LogP contribution in [0.15, 0.2) is 48.0 Å². The first-order valence-electron chi connectivity index (χ1n) is 13.9. The molecular formula is C31H40N2O5. The van der Waals surface area contributed by atoms with Crippen LogP contribution in [-0.2, 0) is 16.0 Å². The number of aliphatic hydroxyl groups excluding tert-OH is 1. The Balaban J connectivity index is 1.69. The fourth-order valence-corrected chi connectivity index (χ4v) is 5.26. The number of nitrogens with zero attached hydrogens (tertiary/aromatic N) is 2. The summed E-state index contributed by atoms with van der Waals surface area (Å²) in [4.78, 5) is 30.5. The Bertz CT molecular complexity index is 1170. The molecule has 1 N–H and O–H groups in total. The van der Waals surface area contributed by atoms with Gasteiger partial charge in [0.2, 0.25) is 0 Å². The SMILES string of the molecule is CCCCCOc1ccc(C2/C(=C(\O)c3ccc4c(c3)CC(C)O4)C(=O)C(=O)N2CCN(CC)CC)cc1. The standard InChI is InChI=1S/C31H40N2O5/c1-5-8-9-18-37-25-13-10-22(11-14-25)28-27(30(35)31(36)33(28)17-16-32(6-2)7-3)29(34)23-12-15-26-24(20-23)19-21(4)38-26/h10-15,20-21,28,34H,5-9,16-19H2,1-4H3/b29-27+. The number of likely N-dealkylation sites (tertiary alicyclic amines) is 1. The largest absolute Gasteiger partial charge is 0.507 e. The highest BCUT2D eigenvalue weighted by atomic mass is 16.5. The van der Waals surface area contributed by atoms with Crippen LogP contribution in [0.1, 0.15) is 69.7 Å². The molecule has 2 aromatic rings. The molecule has 7 nitrogen and oxygen atoms in total. The molecule has 4 rings (SSSR count). The van der Waals surface area contributed by atoms with Gasteiger partial charge in [-0.05, 0) is 67.9 Å². The normalized spacial score (nSPS) is 20.2. The monoisotopic (exact) mass is 520 g/mol. The summed E-state index contributed by atoms with van der Waals surface area (Å²) in [5, 5.41) is 11.5. The number of amides is 1. The van der Waals surface area contributed by atoms with Crippen LogP contribution < -0.4 is 9.47 Å². The molecule has 0 saturated carbocycles. The third-order valence-corrected chi connectivity index (χ3v) is 7.47. The van der Waals surface area contributed by atoms with Crippen molar-refractivity contribution < 1.29 is 24.2 Å². The van der Waals surface area contributed by atoms with Crippen molar-refractivity contribution in [2.45, 2.75) is 65.5 Å². The minimum atomic E-state index is -0.678. The molecule has 2 aromatic carbocycles. The van der Waals surface area contributed by atoms with Crippen molar-refractivity contribution >= 4 is 17.4 Å². The van der Waals surface area contributed by atoms with Gasteiger partial charge in [0.25, 0.3) is 11.7 Å². The number of likely N-dealkylation sites (N-methyl/N-ethyl adjacent to an activating group) is 1. The van der Waals surface area contributed by atoms with Gasteiger partial charge in [-0.15, -0.1) is 0 Å². The number of fused-ring (bicyclic) bond motifs is 1. The van der Waals surface area contributed by atoms with E-state index in [1.165, 1.54) is 0 Å². The molecule has 1 fully saturated rings. The van der Waals surface area contributed by atoms with Crippen molar-refractivity contribution in [3.8, 4) is 11.5 Å². The average Bonchev–Trinajstić information content (AvgIpc) is 3.42. The lowest BCUT2D eigenvalue weighted by Gasteiger charge is -2.28. The number of benzene rings is 2. The lowest BCUT2D eigenvalue weighted by atomic mass is 9.94. The fraction of sp³-hybridized carbons (Fsp3) is 0.484. The maximum absolute atomic E-state index is 13.4. The molecule has 204 valence electrons. The molecule has 0 spiro atoms. The topological polar surface area (TPSA) is 79.3 Å². The molecule has 0 aromatic heterocycles. The van der Waals surface area contributed by atoms with Crippen molar-refractivity contribution in [2.24, 2.45) is 0 Å². The number of ketones is 1. The van der Waals surface area contributed by atoms with E-state index in [0.29, 0.717) is 25.3 Å². The van der Waals surface area contributed by atoms with Crippen LogP contribution in [0.2, 0.25) is 0 Å². The lowest BCUT2D eigenvalue weighted by molar-refractivity contribution is -0.140. The van der Waals surface area contributed by atoms with E-state index in [-0.39, 0.29) is 17.4 Å². The molecule has 38 heavy (non-hydrogen) atoms. The molecule has 0 bridgehead atoms. The van der Waals surface area contributed by atoms with Gasteiger partial charge in [-0.2, -0.15) is 0 Å². The summed E-state index contributed by atoms with van der Waals surface area (Å²) >= 11 is 0. The molecule has 0 radical (unpaired) electrons. The predicted octanol–water partition coefficient (Wildman–Crippen LogP) is 5.34. The molecule has 2 heterocycles. The number of hydrogen-bond donors (Lipinski definition) is 1. The number of carbonyl (C=O) groups is 2. The van der Waals surface area contributed by atoms with E-state index in [2.05, 4.69) is 25.7 Å². The van der Waals surface area contributed by atoms with E-state index in [4.69, 9.17) is 9.47 Å². The minimum Gasteiger partial charge on any atom is -0.507 e. The van der Waals surface area contributed by atoms with Crippen LogP contribution in [-0.4, -0.2) is 65.5 Å². The number of carbonyl (C=O) groups excluding carboxylic acids is 2. The van der Waals surface area contributed by atoms with E-state index in [1.807, 2.05) is 43.3 Å². The third kappa shape index (κ3) is 5.88. The van der Waals surface area contributed by atoms with Crippen molar-refractivity contribution in [1.82, 2.24) is 9.80 Å². The van der Waals surface area contributed by atoms with Gasteiger partial charge >= 0.3 is 0 Å². The smallest absolute Gasteiger partial charge is 0.295 e.